The summed E-state index contributed by atoms with van der Waals surface area (Å²) in [7, 11) is 0. The number of hydrogen-bond acceptors (Lipinski definition) is 3. The Balaban J connectivity index is 1.49. The zero-order valence-corrected chi connectivity index (χ0v) is 14.8. The highest BCUT2D eigenvalue weighted by Gasteiger charge is 2.35. The lowest BCUT2D eigenvalue weighted by molar-refractivity contribution is -0.122. The highest BCUT2D eigenvalue weighted by molar-refractivity contribution is 9.10. The minimum atomic E-state index is -0.375. The molecule has 2 heterocycles. The number of benzene rings is 2. The van der Waals surface area contributed by atoms with Gasteiger partial charge in [-0.2, -0.15) is 5.10 Å². The van der Waals surface area contributed by atoms with Crippen molar-refractivity contribution in [1.29, 1.82) is 0 Å². The molecule has 7 heteroatoms. The highest BCUT2D eigenvalue weighted by atomic mass is 79.9. The van der Waals surface area contributed by atoms with Crippen LogP contribution in [0.25, 0.3) is 10.9 Å². The molecule has 0 radical (unpaired) electrons. The predicted molar refractivity (Wildman–Crippen MR) is 99.3 cm³/mol. The molecule has 2 aromatic carbocycles. The Morgan fingerprint density at radius 2 is 2.12 bits per heavy atom. The van der Waals surface area contributed by atoms with Crippen molar-refractivity contribution in [3.05, 3.63) is 53.1 Å². The number of fused-ring (bicyclic) bond motifs is 1. The summed E-state index contributed by atoms with van der Waals surface area (Å²) in [6, 6.07) is 13.1. The normalized spacial score (nSPS) is 17.2. The summed E-state index contributed by atoms with van der Waals surface area (Å²) in [5.41, 5.74) is 2.41. The summed E-state index contributed by atoms with van der Waals surface area (Å²) in [5.74, 6) is -0.567. The SMILES string of the molecule is O=C(Nc1ccc2[nH]ncc2c1)[C@@H]1CC(=O)N(c2ccccc2Br)C1. The minimum Gasteiger partial charge on any atom is -0.326 e. The number of halogens is 1. The van der Waals surface area contributed by atoms with Crippen LogP contribution in [-0.2, 0) is 9.59 Å². The molecule has 1 aromatic heterocycles. The van der Waals surface area contributed by atoms with Gasteiger partial charge in [-0.15, -0.1) is 0 Å². The van der Waals surface area contributed by atoms with E-state index in [1.165, 1.54) is 0 Å². The van der Waals surface area contributed by atoms with E-state index in [1.54, 1.807) is 11.1 Å². The second-order valence-electron chi connectivity index (χ2n) is 6.02. The van der Waals surface area contributed by atoms with Gasteiger partial charge in [0.2, 0.25) is 11.8 Å². The fourth-order valence-electron chi connectivity index (χ4n) is 3.05. The van der Waals surface area contributed by atoms with Crippen LogP contribution in [0.4, 0.5) is 11.4 Å². The number of hydrogen-bond donors (Lipinski definition) is 2. The number of amides is 2. The summed E-state index contributed by atoms with van der Waals surface area (Å²) in [5, 5.41) is 10.7. The molecular formula is C18H15BrN4O2. The molecule has 6 nitrogen and oxygen atoms in total. The molecule has 2 N–H and O–H groups in total. The molecule has 0 spiro atoms. The van der Waals surface area contributed by atoms with E-state index in [0.29, 0.717) is 12.2 Å². The maximum absolute atomic E-state index is 12.6. The lowest BCUT2D eigenvalue weighted by Gasteiger charge is -2.18. The van der Waals surface area contributed by atoms with Crippen LogP contribution in [0.5, 0.6) is 0 Å². The van der Waals surface area contributed by atoms with Gasteiger partial charge in [-0.25, -0.2) is 0 Å². The molecule has 4 rings (SSSR count). The van der Waals surface area contributed by atoms with Crippen molar-refractivity contribution in [3.63, 3.8) is 0 Å². The van der Waals surface area contributed by atoms with Crippen molar-refractivity contribution in [2.75, 3.05) is 16.8 Å². The van der Waals surface area contributed by atoms with Crippen LogP contribution in [0.15, 0.2) is 53.1 Å². The molecule has 0 unspecified atom stereocenters. The van der Waals surface area contributed by atoms with Crippen LogP contribution in [0.2, 0.25) is 0 Å². The van der Waals surface area contributed by atoms with Crippen LogP contribution in [-0.4, -0.2) is 28.6 Å². The number of carbonyl (C=O) groups is 2. The fraction of sp³-hybridized carbons (Fsp3) is 0.167. The largest absolute Gasteiger partial charge is 0.326 e. The van der Waals surface area contributed by atoms with E-state index in [-0.39, 0.29) is 24.2 Å². The molecule has 0 bridgehead atoms. The third kappa shape index (κ3) is 3.02. The average Bonchev–Trinajstić information content (AvgIpc) is 3.21. The summed E-state index contributed by atoms with van der Waals surface area (Å²) in [6.45, 7) is 0.376. The first-order chi connectivity index (χ1) is 12.1. The number of H-pyrrole nitrogens is 1. The number of nitrogens with zero attached hydrogens (tertiary/aromatic N) is 2. The van der Waals surface area contributed by atoms with E-state index in [1.807, 2.05) is 42.5 Å². The third-order valence-corrected chi connectivity index (χ3v) is 5.02. The predicted octanol–water partition coefficient (Wildman–Crippen LogP) is 3.32. The van der Waals surface area contributed by atoms with E-state index in [2.05, 4.69) is 31.4 Å². The Labute approximate surface area is 152 Å². The van der Waals surface area contributed by atoms with Crippen LogP contribution in [0.1, 0.15) is 6.42 Å². The van der Waals surface area contributed by atoms with Gasteiger partial charge in [0.05, 0.1) is 23.3 Å². The van der Waals surface area contributed by atoms with Crippen molar-refractivity contribution < 1.29 is 9.59 Å². The third-order valence-electron chi connectivity index (χ3n) is 4.35. The van der Waals surface area contributed by atoms with E-state index in [4.69, 9.17) is 0 Å². The Morgan fingerprint density at radius 3 is 2.96 bits per heavy atom. The summed E-state index contributed by atoms with van der Waals surface area (Å²) in [4.78, 5) is 26.6. The first-order valence-electron chi connectivity index (χ1n) is 7.91. The molecule has 1 aliphatic rings. The summed E-state index contributed by atoms with van der Waals surface area (Å²) >= 11 is 3.46. The highest BCUT2D eigenvalue weighted by Crippen LogP contribution is 2.31. The molecule has 1 fully saturated rings. The minimum absolute atomic E-state index is 0.0441. The van der Waals surface area contributed by atoms with Crippen LogP contribution >= 0.6 is 15.9 Å². The number of aromatic nitrogens is 2. The number of rotatable bonds is 3. The van der Waals surface area contributed by atoms with Crippen LogP contribution in [0, 0.1) is 5.92 Å². The maximum Gasteiger partial charge on any atom is 0.229 e. The van der Waals surface area contributed by atoms with Crippen molar-refractivity contribution in [2.24, 2.45) is 5.92 Å². The molecule has 1 saturated heterocycles. The smallest absolute Gasteiger partial charge is 0.229 e. The monoisotopic (exact) mass is 398 g/mol. The maximum atomic E-state index is 12.6. The van der Waals surface area contributed by atoms with E-state index in [9.17, 15) is 9.59 Å². The van der Waals surface area contributed by atoms with Gasteiger partial charge >= 0.3 is 0 Å². The van der Waals surface area contributed by atoms with Gasteiger partial charge in [-0.1, -0.05) is 12.1 Å². The number of nitrogens with one attached hydrogen (secondary N) is 2. The molecule has 0 saturated carbocycles. The lowest BCUT2D eigenvalue weighted by atomic mass is 10.1. The van der Waals surface area contributed by atoms with E-state index < -0.39 is 0 Å². The number of anilines is 2. The van der Waals surface area contributed by atoms with E-state index in [0.717, 1.165) is 21.1 Å². The van der Waals surface area contributed by atoms with Crippen LogP contribution < -0.4 is 10.2 Å². The Bertz CT molecular complexity index is 968. The zero-order valence-electron chi connectivity index (χ0n) is 13.2. The molecule has 0 aliphatic carbocycles. The molecule has 25 heavy (non-hydrogen) atoms. The van der Waals surface area contributed by atoms with Gasteiger partial charge in [0, 0.05) is 28.5 Å². The molecule has 3 aromatic rings. The van der Waals surface area contributed by atoms with Gasteiger partial charge < -0.3 is 10.2 Å². The lowest BCUT2D eigenvalue weighted by Crippen LogP contribution is -2.28. The number of aromatic amines is 1. The van der Waals surface area contributed by atoms with E-state index >= 15 is 0 Å². The second kappa shape index (κ2) is 6.33. The first-order valence-corrected chi connectivity index (χ1v) is 8.70. The van der Waals surface area contributed by atoms with Crippen molar-refractivity contribution in [3.8, 4) is 0 Å². The van der Waals surface area contributed by atoms with Crippen molar-refractivity contribution in [2.45, 2.75) is 6.42 Å². The number of para-hydroxylation sites is 1. The van der Waals surface area contributed by atoms with Gasteiger partial charge in [0.15, 0.2) is 0 Å². The van der Waals surface area contributed by atoms with Gasteiger partial charge in [-0.05, 0) is 46.3 Å². The zero-order chi connectivity index (χ0) is 17.4. The van der Waals surface area contributed by atoms with Gasteiger partial charge in [0.25, 0.3) is 0 Å². The quantitative estimate of drug-likeness (QED) is 0.710. The summed E-state index contributed by atoms with van der Waals surface area (Å²) < 4.78 is 0.842. The first kappa shape index (κ1) is 15.8. The Morgan fingerprint density at radius 1 is 1.28 bits per heavy atom. The van der Waals surface area contributed by atoms with Gasteiger partial charge in [-0.3, -0.25) is 14.7 Å². The standard InChI is InChI=1S/C18H15BrN4O2/c19-14-3-1-2-4-16(14)23-10-12(8-17(23)24)18(25)21-13-5-6-15-11(7-13)9-20-22-15/h1-7,9,12H,8,10H2,(H,20,22)(H,21,25)/t12-/m1/s1. The average molecular weight is 399 g/mol. The van der Waals surface area contributed by atoms with Crippen LogP contribution in [0.3, 0.4) is 0 Å². The fourth-order valence-corrected chi connectivity index (χ4v) is 3.55. The molecule has 2 amide bonds. The van der Waals surface area contributed by atoms with Crippen molar-refractivity contribution >= 4 is 50.0 Å². The molecule has 1 atom stereocenters. The number of carbonyl (C=O) groups excluding carboxylic acids is 2. The van der Waals surface area contributed by atoms with Gasteiger partial charge in [0.1, 0.15) is 0 Å². The second-order valence-corrected chi connectivity index (χ2v) is 6.87. The molecular weight excluding hydrogens is 384 g/mol. The molecule has 126 valence electrons. The Hall–Kier alpha value is -2.67. The topological polar surface area (TPSA) is 78.1 Å². The molecule has 1 aliphatic heterocycles. The summed E-state index contributed by atoms with van der Waals surface area (Å²) in [6.07, 6.45) is 1.92. The van der Waals surface area contributed by atoms with Crippen molar-refractivity contribution in [1.82, 2.24) is 10.2 Å². The Kier molecular flexibility index (Phi) is 4.01.